The van der Waals surface area contributed by atoms with Crippen molar-refractivity contribution in [3.05, 3.63) is 36.0 Å². The number of hydrogen-bond acceptors (Lipinski definition) is 7. The van der Waals surface area contributed by atoms with Gasteiger partial charge in [-0.1, -0.05) is 32.0 Å². The molecule has 13 heteroatoms. The molecule has 0 fully saturated rings. The Morgan fingerprint density at radius 3 is 2.11 bits per heavy atom. The number of aromatic nitrogens is 1. The number of para-hydroxylation sites is 1. The normalized spacial score (nSPS) is 15.2. The molecule has 9 N–H and O–H groups in total. The van der Waals surface area contributed by atoms with Gasteiger partial charge >= 0.3 is 11.9 Å². The minimum Gasteiger partial charge on any atom is -0.481 e. The van der Waals surface area contributed by atoms with Gasteiger partial charge in [-0.15, -0.1) is 0 Å². The van der Waals surface area contributed by atoms with Crippen LogP contribution in [0.15, 0.2) is 30.5 Å². The van der Waals surface area contributed by atoms with Crippen LogP contribution in [0.4, 0.5) is 0 Å². The first kappa shape index (κ1) is 30.3. The van der Waals surface area contributed by atoms with E-state index in [0.717, 1.165) is 16.5 Å². The van der Waals surface area contributed by atoms with E-state index in [0.29, 0.717) is 0 Å². The number of nitrogens with two attached hydrogens (primary N) is 1. The summed E-state index contributed by atoms with van der Waals surface area (Å²) in [6, 6.07) is 1.88. The van der Waals surface area contributed by atoms with Gasteiger partial charge in [-0.05, 0) is 37.3 Å². The summed E-state index contributed by atoms with van der Waals surface area (Å²) in [6.07, 6.45) is -0.280. The molecule has 0 aliphatic rings. The second kappa shape index (κ2) is 13.5. The fraction of sp³-hybridized carbons (Fsp3) is 0.480. The molecular weight excluding hydrogens is 498 g/mol. The first-order valence-corrected chi connectivity index (χ1v) is 12.1. The van der Waals surface area contributed by atoms with Crippen molar-refractivity contribution in [1.82, 2.24) is 20.9 Å². The lowest BCUT2D eigenvalue weighted by Crippen LogP contribution is -2.58. The van der Waals surface area contributed by atoms with Gasteiger partial charge in [0.2, 0.25) is 17.7 Å². The van der Waals surface area contributed by atoms with Crippen LogP contribution in [0.25, 0.3) is 10.9 Å². The molecular formula is C25H35N5O8. The lowest BCUT2D eigenvalue weighted by Gasteiger charge is -2.26. The van der Waals surface area contributed by atoms with Crippen molar-refractivity contribution in [1.29, 1.82) is 0 Å². The van der Waals surface area contributed by atoms with Crippen LogP contribution >= 0.6 is 0 Å². The molecule has 208 valence electrons. The van der Waals surface area contributed by atoms with Crippen molar-refractivity contribution in [2.24, 2.45) is 11.7 Å². The second-order valence-corrected chi connectivity index (χ2v) is 9.58. The number of carboxylic acids is 2. The summed E-state index contributed by atoms with van der Waals surface area (Å²) in [7, 11) is 0. The molecule has 1 aromatic carbocycles. The number of rotatable bonds is 14. The number of carbonyl (C=O) groups excluding carboxylic acids is 3. The van der Waals surface area contributed by atoms with Crippen molar-refractivity contribution >= 4 is 40.6 Å². The maximum Gasteiger partial charge on any atom is 0.328 e. The third kappa shape index (κ3) is 8.56. The van der Waals surface area contributed by atoms with Crippen molar-refractivity contribution < 1.29 is 39.3 Å². The first-order chi connectivity index (χ1) is 17.8. The lowest BCUT2D eigenvalue weighted by molar-refractivity contribution is -0.145. The van der Waals surface area contributed by atoms with Crippen LogP contribution in [-0.2, 0) is 30.4 Å². The molecule has 3 amide bonds. The number of fused-ring (bicyclic) bond motifs is 1. The molecule has 5 unspecified atom stereocenters. The average Bonchev–Trinajstić information content (AvgIpc) is 3.23. The minimum absolute atomic E-state index is 0.0809. The predicted octanol–water partition coefficient (Wildman–Crippen LogP) is -0.522. The van der Waals surface area contributed by atoms with Crippen molar-refractivity contribution in [2.45, 2.75) is 70.3 Å². The molecule has 1 heterocycles. The number of carboxylic acid groups (broad SMARTS) is 2. The number of hydrogen-bond donors (Lipinski definition) is 8. The topological polar surface area (TPSA) is 224 Å². The van der Waals surface area contributed by atoms with Gasteiger partial charge in [0.15, 0.2) is 6.04 Å². The highest BCUT2D eigenvalue weighted by Crippen LogP contribution is 2.19. The van der Waals surface area contributed by atoms with Gasteiger partial charge in [0.05, 0.1) is 18.6 Å². The third-order valence-electron chi connectivity index (χ3n) is 5.85. The summed E-state index contributed by atoms with van der Waals surface area (Å²) < 4.78 is 0. The van der Waals surface area contributed by atoms with Crippen LogP contribution in [-0.4, -0.2) is 80.2 Å². The highest BCUT2D eigenvalue weighted by molar-refractivity contribution is 5.96. The van der Waals surface area contributed by atoms with E-state index in [4.69, 9.17) is 5.73 Å². The van der Waals surface area contributed by atoms with Crippen LogP contribution in [0.3, 0.4) is 0 Å². The monoisotopic (exact) mass is 533 g/mol. The Hall–Kier alpha value is -3.97. The zero-order valence-electron chi connectivity index (χ0n) is 21.4. The molecule has 0 bridgehead atoms. The molecule has 0 aliphatic heterocycles. The second-order valence-electron chi connectivity index (χ2n) is 9.58. The summed E-state index contributed by atoms with van der Waals surface area (Å²) in [6.45, 7) is 4.71. The van der Waals surface area contributed by atoms with Crippen molar-refractivity contribution in [3.8, 4) is 0 Å². The van der Waals surface area contributed by atoms with E-state index in [-0.39, 0.29) is 18.8 Å². The Bertz CT molecular complexity index is 1160. The molecule has 2 rings (SSSR count). The highest BCUT2D eigenvalue weighted by atomic mass is 16.4. The lowest BCUT2D eigenvalue weighted by atomic mass is 10.0. The van der Waals surface area contributed by atoms with Crippen LogP contribution in [0.5, 0.6) is 0 Å². The number of carbonyl (C=O) groups is 5. The number of nitrogens with one attached hydrogen (secondary N) is 4. The largest absolute Gasteiger partial charge is 0.481 e. The van der Waals surface area contributed by atoms with E-state index in [1.54, 1.807) is 20.0 Å². The quantitative estimate of drug-likeness (QED) is 0.156. The smallest absolute Gasteiger partial charge is 0.328 e. The molecule has 5 atom stereocenters. The Labute approximate surface area is 219 Å². The predicted molar refractivity (Wildman–Crippen MR) is 137 cm³/mol. The number of aliphatic hydroxyl groups is 1. The number of benzene rings is 1. The molecule has 1 aromatic heterocycles. The van der Waals surface area contributed by atoms with Crippen molar-refractivity contribution in [2.75, 3.05) is 0 Å². The van der Waals surface area contributed by atoms with Crippen LogP contribution in [0, 0.1) is 5.92 Å². The SMILES string of the molecule is CC(C)CC(NC(=O)C(CC(=O)O)NC(=O)C(N)Cc1c[nH]c2ccccc12)C(=O)NC(C(=O)O)C(C)O. The van der Waals surface area contributed by atoms with Gasteiger partial charge in [-0.25, -0.2) is 4.79 Å². The Kier molecular flexibility index (Phi) is 10.8. The average molecular weight is 534 g/mol. The number of amides is 3. The molecule has 0 saturated carbocycles. The highest BCUT2D eigenvalue weighted by Gasteiger charge is 2.33. The van der Waals surface area contributed by atoms with Gasteiger partial charge in [0, 0.05) is 17.1 Å². The van der Waals surface area contributed by atoms with Crippen LogP contribution in [0.2, 0.25) is 0 Å². The summed E-state index contributed by atoms with van der Waals surface area (Å²) in [5.41, 5.74) is 7.68. The summed E-state index contributed by atoms with van der Waals surface area (Å²) in [5.74, 6) is -5.56. The molecule has 38 heavy (non-hydrogen) atoms. The zero-order chi connectivity index (χ0) is 28.6. The number of aromatic amines is 1. The van der Waals surface area contributed by atoms with E-state index < -0.39 is 66.4 Å². The summed E-state index contributed by atoms with van der Waals surface area (Å²) in [4.78, 5) is 64.4. The first-order valence-electron chi connectivity index (χ1n) is 12.1. The maximum absolute atomic E-state index is 13.0. The van der Waals surface area contributed by atoms with Gasteiger partial charge in [0.25, 0.3) is 0 Å². The Morgan fingerprint density at radius 1 is 0.921 bits per heavy atom. The van der Waals surface area contributed by atoms with E-state index in [2.05, 4.69) is 20.9 Å². The molecule has 0 saturated heterocycles. The molecule has 0 spiro atoms. The summed E-state index contributed by atoms with van der Waals surface area (Å²) in [5, 5.41) is 36.0. The van der Waals surface area contributed by atoms with Crippen molar-refractivity contribution in [3.63, 3.8) is 0 Å². The molecule has 13 nitrogen and oxygen atoms in total. The summed E-state index contributed by atoms with van der Waals surface area (Å²) >= 11 is 0. The van der Waals surface area contributed by atoms with E-state index >= 15 is 0 Å². The van der Waals surface area contributed by atoms with Gasteiger partial charge in [-0.3, -0.25) is 19.2 Å². The number of aliphatic hydroxyl groups excluding tert-OH is 1. The van der Waals surface area contributed by atoms with Gasteiger partial charge < -0.3 is 42.0 Å². The van der Waals surface area contributed by atoms with Gasteiger partial charge in [0.1, 0.15) is 12.1 Å². The maximum atomic E-state index is 13.0. The van der Waals surface area contributed by atoms with E-state index in [1.165, 1.54) is 6.92 Å². The fourth-order valence-corrected chi connectivity index (χ4v) is 3.91. The Balaban J connectivity index is 2.14. The molecule has 0 radical (unpaired) electrons. The van der Waals surface area contributed by atoms with Gasteiger partial charge in [-0.2, -0.15) is 0 Å². The van der Waals surface area contributed by atoms with Crippen LogP contribution in [0.1, 0.15) is 39.2 Å². The molecule has 2 aromatic rings. The zero-order valence-corrected chi connectivity index (χ0v) is 21.4. The third-order valence-corrected chi connectivity index (χ3v) is 5.85. The number of H-pyrrole nitrogens is 1. The van der Waals surface area contributed by atoms with E-state index in [9.17, 15) is 39.3 Å². The van der Waals surface area contributed by atoms with Crippen LogP contribution < -0.4 is 21.7 Å². The Morgan fingerprint density at radius 2 is 1.53 bits per heavy atom. The standard InChI is InChI=1S/C25H35N5O8/c1-12(2)8-18(24(36)30-21(13(3)31)25(37)38)29-23(35)19(10-20(32)33)28-22(34)16(26)9-14-11-27-17-7-5-4-6-15(14)17/h4-7,11-13,16,18-19,21,27,31H,8-10,26H2,1-3H3,(H,28,34)(H,29,35)(H,30,36)(H,32,33)(H,37,38). The van der Waals surface area contributed by atoms with E-state index in [1.807, 2.05) is 24.3 Å². The number of aliphatic carboxylic acids is 2. The minimum atomic E-state index is -1.62. The fourth-order valence-electron chi connectivity index (χ4n) is 3.91. The molecule has 0 aliphatic carbocycles.